The van der Waals surface area contributed by atoms with E-state index in [1.54, 1.807) is 18.2 Å². The van der Waals surface area contributed by atoms with Crippen LogP contribution in [0.15, 0.2) is 36.4 Å². The summed E-state index contributed by atoms with van der Waals surface area (Å²) in [5.74, 6) is 0.525. The van der Waals surface area contributed by atoms with Gasteiger partial charge >= 0.3 is 24.4 Å². The second-order valence-electron chi connectivity index (χ2n) is 11.3. The van der Waals surface area contributed by atoms with Crippen LogP contribution in [0, 0.1) is 12.1 Å². The summed E-state index contributed by atoms with van der Waals surface area (Å²) in [7, 11) is 2.76. The lowest BCUT2D eigenvalue weighted by molar-refractivity contribution is -0.143. The molecule has 0 spiro atoms. The third kappa shape index (κ3) is 7.34. The highest BCUT2D eigenvalue weighted by atomic mass is 19.4. The van der Waals surface area contributed by atoms with Gasteiger partial charge in [-0.1, -0.05) is 12.1 Å². The first-order valence-electron chi connectivity index (χ1n) is 14.8. The molecule has 2 fully saturated rings. The number of hydrogen-bond acceptors (Lipinski definition) is 7. The van der Waals surface area contributed by atoms with Crippen molar-refractivity contribution in [3.8, 4) is 16.9 Å². The van der Waals surface area contributed by atoms with Crippen LogP contribution in [0.4, 0.5) is 37.0 Å². The zero-order valence-corrected chi connectivity index (χ0v) is 25.7. The molecular weight excluding hydrogens is 632 g/mol. The first-order valence-corrected chi connectivity index (χ1v) is 14.8. The highest BCUT2D eigenvalue weighted by Crippen LogP contribution is 2.42. The molecule has 0 radical (unpaired) electrons. The lowest BCUT2D eigenvalue weighted by atomic mass is 9.97. The Morgan fingerprint density at radius 2 is 1.66 bits per heavy atom. The second kappa shape index (κ2) is 13.2. The zero-order valence-electron chi connectivity index (χ0n) is 25.7. The minimum Gasteiger partial charge on any atom is -0.496 e. The van der Waals surface area contributed by atoms with Crippen LogP contribution in [-0.2, 0) is 39.6 Å². The van der Waals surface area contributed by atoms with Gasteiger partial charge in [0.05, 0.1) is 49.2 Å². The van der Waals surface area contributed by atoms with Crippen LogP contribution < -0.4 is 9.64 Å². The number of halogens is 6. The molecule has 8 nitrogen and oxygen atoms in total. The first kappa shape index (κ1) is 33.7. The van der Waals surface area contributed by atoms with E-state index in [4.69, 9.17) is 19.2 Å². The Balaban J connectivity index is 1.53. The van der Waals surface area contributed by atoms with Crippen molar-refractivity contribution in [1.29, 1.82) is 0 Å². The van der Waals surface area contributed by atoms with Crippen molar-refractivity contribution in [1.82, 2.24) is 9.88 Å². The molecule has 0 saturated carbocycles. The van der Waals surface area contributed by atoms with Crippen LogP contribution in [0.25, 0.3) is 11.1 Å². The maximum absolute atomic E-state index is 13.6. The molecule has 0 bridgehead atoms. The number of amides is 1. The number of carbonyl (C=O) groups is 2. The summed E-state index contributed by atoms with van der Waals surface area (Å²) in [6.45, 7) is 2.73. The number of aromatic nitrogens is 1. The fourth-order valence-corrected chi connectivity index (χ4v) is 5.74. The van der Waals surface area contributed by atoms with E-state index < -0.39 is 53.3 Å². The van der Waals surface area contributed by atoms with Gasteiger partial charge in [-0.2, -0.15) is 26.3 Å². The standard InChI is InChI=1S/C33H31F6N3O5/c1-19-30(21-15-22(32(34,35)36)17-23(16-21)33(37,38)39)47-31(44)42(19)18-26-24(8-10-28(40-26)41-12-4-5-13-41)25-14-20(6-9-27(25)45-2)7-11-29(43)46-3/h6,9,14-17,19,30H,4-5,7,11-13,18H2,1-3H3/t19-,30-/m0/s1. The largest absolute Gasteiger partial charge is 0.496 e. The van der Waals surface area contributed by atoms with Gasteiger partial charge in [0.1, 0.15) is 11.9 Å². The molecule has 0 unspecified atom stereocenters. The Morgan fingerprint density at radius 3 is 2.26 bits per heavy atom. The molecule has 47 heavy (non-hydrogen) atoms. The molecule has 0 aliphatic carbocycles. The Hall–Kier alpha value is -4.67. The summed E-state index contributed by atoms with van der Waals surface area (Å²) in [4.78, 5) is 33.0. The second-order valence-corrected chi connectivity index (χ2v) is 11.3. The number of ether oxygens (including phenoxy) is 3. The van der Waals surface area contributed by atoms with Gasteiger partial charge in [-0.05, 0) is 73.7 Å². The van der Waals surface area contributed by atoms with E-state index in [2.05, 4.69) is 12.1 Å². The van der Waals surface area contributed by atoms with Crippen molar-refractivity contribution in [3.05, 3.63) is 76.5 Å². The number of alkyl halides is 6. The molecule has 3 aromatic rings. The van der Waals surface area contributed by atoms with E-state index in [1.165, 1.54) is 26.0 Å². The van der Waals surface area contributed by atoms with E-state index >= 15 is 0 Å². The maximum Gasteiger partial charge on any atom is 0.416 e. The Morgan fingerprint density at radius 1 is 1.00 bits per heavy atom. The minimum absolute atomic E-state index is 0.0295. The maximum atomic E-state index is 13.6. The molecule has 3 heterocycles. The lowest BCUT2D eigenvalue weighted by Gasteiger charge is -2.23. The number of methoxy groups -OCH3 is 2. The number of carbonyl (C=O) groups excluding carboxylic acids is 2. The van der Waals surface area contributed by atoms with E-state index in [9.17, 15) is 35.9 Å². The minimum atomic E-state index is -5.06. The van der Waals surface area contributed by atoms with Gasteiger partial charge in [0.15, 0.2) is 5.82 Å². The van der Waals surface area contributed by atoms with Crippen molar-refractivity contribution in [2.75, 3.05) is 32.2 Å². The van der Waals surface area contributed by atoms with Crippen molar-refractivity contribution in [3.63, 3.8) is 0 Å². The van der Waals surface area contributed by atoms with Crippen LogP contribution >= 0.6 is 0 Å². The van der Waals surface area contributed by atoms with Gasteiger partial charge in [-0.3, -0.25) is 9.69 Å². The number of esters is 1. The average Bonchev–Trinajstić information content (AvgIpc) is 3.67. The van der Waals surface area contributed by atoms with Gasteiger partial charge in [0.2, 0.25) is 0 Å². The van der Waals surface area contributed by atoms with Crippen molar-refractivity contribution < 1.29 is 50.1 Å². The van der Waals surface area contributed by atoms with E-state index in [1.807, 2.05) is 4.90 Å². The molecule has 5 rings (SSSR count). The van der Waals surface area contributed by atoms with E-state index in [0.717, 1.165) is 31.5 Å². The number of aryl methyl sites for hydroxylation is 1. The zero-order chi connectivity index (χ0) is 34.1. The van der Waals surface area contributed by atoms with Crippen LogP contribution in [0.1, 0.15) is 60.2 Å². The number of hydrogen-bond donors (Lipinski definition) is 0. The van der Waals surface area contributed by atoms with Gasteiger partial charge in [-0.15, -0.1) is 0 Å². The molecule has 250 valence electrons. The monoisotopic (exact) mass is 663 g/mol. The molecule has 1 aromatic heterocycles. The average molecular weight is 664 g/mol. The van der Waals surface area contributed by atoms with Crippen LogP contribution in [0.2, 0.25) is 0 Å². The number of benzene rings is 2. The highest BCUT2D eigenvalue weighted by Gasteiger charge is 2.43. The van der Waals surface area contributed by atoms with E-state index in [-0.39, 0.29) is 19.0 Å². The van der Waals surface area contributed by atoms with Gasteiger partial charge in [0.25, 0.3) is 0 Å². The van der Waals surface area contributed by atoms with Gasteiger partial charge in [0, 0.05) is 25.1 Å². The number of rotatable bonds is 9. The number of cyclic esters (lactones) is 1. The predicted octanol–water partition coefficient (Wildman–Crippen LogP) is 7.18. The SMILES string of the molecule is COC(=O)CCc1ccc(OC)c(-c2c#cc(N3CCCC3)nc2CN2C(=O)O[C@H](c3cc(C(F)(F)F)cc(C(F)(F)F)c3)[C@@H]2C)c1. The molecule has 2 saturated heterocycles. The Labute approximate surface area is 267 Å². The third-order valence-electron chi connectivity index (χ3n) is 8.26. The molecule has 2 aliphatic heterocycles. The molecular formula is C33H31F6N3O5. The Bertz CT molecular complexity index is 1610. The number of anilines is 1. The molecule has 0 N–H and O–H groups in total. The quantitative estimate of drug-likeness (QED) is 0.177. The first-order chi connectivity index (χ1) is 22.2. The van der Waals surface area contributed by atoms with Crippen LogP contribution in [0.5, 0.6) is 5.75 Å². The predicted molar refractivity (Wildman–Crippen MR) is 156 cm³/mol. The number of nitrogens with zero attached hydrogens (tertiary/aromatic N) is 3. The third-order valence-corrected chi connectivity index (χ3v) is 8.26. The topological polar surface area (TPSA) is 81.2 Å². The summed E-state index contributed by atoms with van der Waals surface area (Å²) < 4.78 is 97.3. The fraction of sp³-hybridized carbons (Fsp3) is 0.424. The van der Waals surface area contributed by atoms with Crippen molar-refractivity contribution in [2.24, 2.45) is 0 Å². The lowest BCUT2D eigenvalue weighted by Crippen LogP contribution is -2.32. The normalized spacial score (nSPS) is 18.3. The fourth-order valence-electron chi connectivity index (χ4n) is 5.74. The van der Waals surface area contributed by atoms with E-state index in [0.29, 0.717) is 46.9 Å². The van der Waals surface area contributed by atoms with Crippen LogP contribution in [-0.4, -0.2) is 55.3 Å². The summed E-state index contributed by atoms with van der Waals surface area (Å²) in [6, 6.07) is 11.7. The van der Waals surface area contributed by atoms with Gasteiger partial charge in [-0.25, -0.2) is 9.78 Å². The summed E-state index contributed by atoms with van der Waals surface area (Å²) in [5.41, 5.74) is -1.40. The molecule has 2 aliphatic rings. The van der Waals surface area contributed by atoms with Crippen molar-refractivity contribution in [2.45, 2.75) is 63.7 Å². The summed E-state index contributed by atoms with van der Waals surface area (Å²) in [5, 5.41) is 0. The molecule has 1 amide bonds. The Kier molecular flexibility index (Phi) is 9.47. The van der Waals surface area contributed by atoms with Crippen molar-refractivity contribution >= 4 is 17.9 Å². The van der Waals surface area contributed by atoms with Crippen LogP contribution in [0.3, 0.4) is 0 Å². The molecule has 2 atom stereocenters. The molecule has 14 heteroatoms. The smallest absolute Gasteiger partial charge is 0.416 e. The summed E-state index contributed by atoms with van der Waals surface area (Å²) in [6.07, 6.45) is -10.1. The highest BCUT2D eigenvalue weighted by molar-refractivity contribution is 5.75. The summed E-state index contributed by atoms with van der Waals surface area (Å²) >= 11 is 0. The molecule has 2 aromatic carbocycles. The van der Waals surface area contributed by atoms with Gasteiger partial charge < -0.3 is 19.1 Å².